The summed E-state index contributed by atoms with van der Waals surface area (Å²) in [7, 11) is -5.94. The summed E-state index contributed by atoms with van der Waals surface area (Å²) in [6.07, 6.45) is -1.38. The van der Waals surface area contributed by atoms with Crippen molar-refractivity contribution < 1.29 is 79.9 Å². The van der Waals surface area contributed by atoms with Crippen molar-refractivity contribution in [2.24, 2.45) is 11.7 Å². The van der Waals surface area contributed by atoms with E-state index in [1.807, 2.05) is 45.0 Å². The van der Waals surface area contributed by atoms with E-state index < -0.39 is 134 Å². The molecule has 5 aliphatic rings. The third-order valence-corrected chi connectivity index (χ3v) is 19.3. The van der Waals surface area contributed by atoms with Crippen molar-refractivity contribution >= 4 is 93.8 Å². The molecule has 9 N–H and O–H groups in total. The summed E-state index contributed by atoms with van der Waals surface area (Å²) >= 11 is 0.807. The number of nitrogens with one attached hydrogen (secondary N) is 5. The van der Waals surface area contributed by atoms with Gasteiger partial charge >= 0.3 is 13.3 Å². The molecule has 4 aromatic rings. The van der Waals surface area contributed by atoms with E-state index in [9.17, 15) is 79.9 Å². The van der Waals surface area contributed by atoms with Crippen LogP contribution in [-0.2, 0) is 55.6 Å². The van der Waals surface area contributed by atoms with Crippen molar-refractivity contribution in [1.29, 1.82) is 0 Å². The molecule has 5 aliphatic heterocycles. The van der Waals surface area contributed by atoms with Crippen LogP contribution in [0.1, 0.15) is 132 Å². The maximum absolute atomic E-state index is 14.8. The van der Waals surface area contributed by atoms with Crippen molar-refractivity contribution in [3.8, 4) is 0 Å². The lowest BCUT2D eigenvalue weighted by atomic mass is 9.86. The van der Waals surface area contributed by atoms with Crippen molar-refractivity contribution in [1.82, 2.24) is 40.9 Å². The molecule has 4 fully saturated rings. The van der Waals surface area contributed by atoms with E-state index >= 15 is 0 Å². The Hall–Kier alpha value is -7.65. The second-order valence-electron chi connectivity index (χ2n) is 24.3. The van der Waals surface area contributed by atoms with Crippen molar-refractivity contribution in [2.45, 2.75) is 145 Å². The fourth-order valence-electron chi connectivity index (χ4n) is 12.3. The fraction of sp³-hybridized carbons (Fsp3) is 0.500. The summed E-state index contributed by atoms with van der Waals surface area (Å²) in [4.78, 5) is 160. The molecule has 3 aromatic carbocycles. The average Bonchev–Trinajstić information content (AvgIpc) is 1.72. The Morgan fingerprint density at radius 2 is 1.55 bits per heavy atom. The molecule has 0 radical (unpaired) electrons. The monoisotopic (exact) mass is 1280 g/mol. The lowest BCUT2D eigenvalue weighted by molar-refractivity contribution is -0.144. The van der Waals surface area contributed by atoms with Crippen LogP contribution < -0.4 is 32.3 Å². The van der Waals surface area contributed by atoms with Crippen LogP contribution in [0.15, 0.2) is 66.7 Å². The maximum atomic E-state index is 14.8. The smallest absolute Gasteiger partial charge is 0.384 e. The zero-order valence-corrected chi connectivity index (χ0v) is 50.8. The molecule has 29 heteroatoms. The molecule has 4 saturated heterocycles. The predicted octanol–water partition coefficient (Wildman–Crippen LogP) is 4.47. The van der Waals surface area contributed by atoms with Gasteiger partial charge in [0.15, 0.2) is 0 Å². The van der Waals surface area contributed by atoms with Gasteiger partial charge in [0.25, 0.3) is 24.1 Å². The Balaban J connectivity index is 0.879. The number of rotatable bonds is 21. The van der Waals surface area contributed by atoms with E-state index in [0.717, 1.165) is 40.0 Å². The second kappa shape index (κ2) is 26.8. The van der Waals surface area contributed by atoms with Gasteiger partial charge in [0.2, 0.25) is 41.4 Å². The number of primary amides is 1. The van der Waals surface area contributed by atoms with Crippen molar-refractivity contribution in [2.75, 3.05) is 44.6 Å². The number of piperidine rings is 2. The van der Waals surface area contributed by atoms with E-state index in [-0.39, 0.29) is 95.3 Å². The number of hydrogen-bond donors (Lipinski definition) is 8. The van der Waals surface area contributed by atoms with E-state index in [2.05, 4.69) is 26.6 Å². The predicted molar refractivity (Wildman–Crippen MR) is 316 cm³/mol. The van der Waals surface area contributed by atoms with Gasteiger partial charge in [-0.3, -0.25) is 67.6 Å². The van der Waals surface area contributed by atoms with Gasteiger partial charge in [0, 0.05) is 74.0 Å². The SMILES string of the molecule is CC(C)(C)c1ccc(CC(NC(=O)C(CCC(N)=O)NC(=O)[C@@H]2CC[C@@H]3CCN(CC(F)F)C[C@H](NC(=O)c4cc5cc(C(F)(F)P(=O)(O)O)ccc5s4)C(=O)N32)C(=O)N2CCC(CCNc3cccc4c3C(=O)N(C3CCC(=O)NC3=O)C4=O)CC2)cc1. The van der Waals surface area contributed by atoms with Crippen LogP contribution >= 0.6 is 18.9 Å². The van der Waals surface area contributed by atoms with Crippen LogP contribution in [0, 0.1) is 5.92 Å². The molecular weight excluding hydrogens is 1210 g/mol. The molecule has 0 aliphatic carbocycles. The average molecular weight is 1280 g/mol. The Morgan fingerprint density at radius 3 is 2.21 bits per heavy atom. The van der Waals surface area contributed by atoms with Crippen LogP contribution in [-0.4, -0.2) is 170 Å². The van der Waals surface area contributed by atoms with E-state index in [1.54, 1.807) is 17.0 Å². The van der Waals surface area contributed by atoms with E-state index in [0.29, 0.717) is 50.1 Å². The number of carbonyl (C=O) groups is 10. The lowest BCUT2D eigenvalue weighted by Crippen LogP contribution is -2.62. The molecule has 478 valence electrons. The minimum Gasteiger partial charge on any atom is -0.384 e. The molecular formula is C60H71F4N10O13PS. The van der Waals surface area contributed by atoms with E-state index in [4.69, 9.17) is 5.73 Å². The highest BCUT2D eigenvalue weighted by molar-refractivity contribution is 7.52. The molecule has 0 spiro atoms. The molecule has 6 heterocycles. The molecule has 89 heavy (non-hydrogen) atoms. The molecule has 3 unspecified atom stereocenters. The number of hydrogen-bond acceptors (Lipinski definition) is 14. The second-order valence-corrected chi connectivity index (χ2v) is 27.1. The van der Waals surface area contributed by atoms with Gasteiger partial charge in [-0.05, 0) is 110 Å². The quantitative estimate of drug-likeness (QED) is 0.0324. The third-order valence-electron chi connectivity index (χ3n) is 17.2. The van der Waals surface area contributed by atoms with Gasteiger partial charge < -0.3 is 46.6 Å². The highest BCUT2D eigenvalue weighted by atomic mass is 32.1. The Morgan fingerprint density at radius 1 is 0.843 bits per heavy atom. The normalized spacial score (nSPS) is 21.2. The summed E-state index contributed by atoms with van der Waals surface area (Å²) in [6.45, 7) is 5.96. The lowest BCUT2D eigenvalue weighted by Gasteiger charge is -2.39. The van der Waals surface area contributed by atoms with Crippen LogP contribution in [0.3, 0.4) is 0 Å². The molecule has 0 bridgehead atoms. The minimum atomic E-state index is -5.94. The first-order valence-corrected chi connectivity index (χ1v) is 31.9. The Labute approximate surface area is 513 Å². The largest absolute Gasteiger partial charge is 0.399 e. The Bertz CT molecular complexity index is 3500. The zero-order valence-electron chi connectivity index (χ0n) is 49.1. The van der Waals surface area contributed by atoms with Gasteiger partial charge in [0.1, 0.15) is 30.2 Å². The maximum Gasteiger partial charge on any atom is 0.399 e. The number of thiophene rings is 1. The Kier molecular flexibility index (Phi) is 19.8. The van der Waals surface area contributed by atoms with Gasteiger partial charge in [-0.1, -0.05) is 57.2 Å². The van der Waals surface area contributed by atoms with Crippen molar-refractivity contribution in [3.63, 3.8) is 0 Å². The minimum absolute atomic E-state index is 0.0145. The first-order chi connectivity index (χ1) is 42.0. The number of nitrogens with zero attached hydrogens (tertiary/aromatic N) is 4. The first-order valence-electron chi connectivity index (χ1n) is 29.5. The number of fused-ring (bicyclic) bond motifs is 3. The standard InChI is InChI=1S/C60H71F4N10O13PS/c1-59(2,3)35-9-7-33(8-10-35)27-41(56(82)72-25-20-32(21-26-72)19-23-66-39-6-4-5-38-50(39)58(84)74(55(38)81)44-15-18-49(76)70-53(44)79)68-51(77)40(13-17-48(65)75)67-52(78)43-14-12-37-22-24-71(31-47(61)62)30-42(57(83)73(37)43)69-54(80)46-29-34-28-36(11-16-45(34)89-46)60(63,64)88(85,86)87/h4-11,16,28-29,32,37,40-44,47,66H,12-15,17-27,30-31H2,1-3H3,(H2,65,75)(H,67,78)(H,68,77)(H,69,80)(H,70,76,79)(H2,85,86,87)/t37-,40?,41?,42+,43+,44?/m1/s1. The molecule has 23 nitrogen and oxygen atoms in total. The molecule has 0 saturated carbocycles. The topological polar surface area (TPSA) is 327 Å². The number of likely N-dealkylation sites (tertiary alicyclic amines) is 1. The number of imide groups is 2. The number of alkyl halides is 4. The van der Waals surface area contributed by atoms with Gasteiger partial charge in [0.05, 0.1) is 22.5 Å². The van der Waals surface area contributed by atoms with Gasteiger partial charge in [-0.25, -0.2) is 8.78 Å². The zero-order chi connectivity index (χ0) is 64.4. The molecule has 10 amide bonds. The number of halogens is 4. The van der Waals surface area contributed by atoms with Gasteiger partial charge in [-0.2, -0.15) is 8.78 Å². The van der Waals surface area contributed by atoms with Crippen LogP contribution in [0.2, 0.25) is 0 Å². The van der Waals surface area contributed by atoms with Crippen LogP contribution in [0.5, 0.6) is 0 Å². The fourth-order valence-corrected chi connectivity index (χ4v) is 13.7. The summed E-state index contributed by atoms with van der Waals surface area (Å²) in [5, 5.41) is 13.6. The number of nitrogens with two attached hydrogens (primary N) is 1. The molecule has 9 rings (SSSR count). The van der Waals surface area contributed by atoms with Crippen LogP contribution in [0.4, 0.5) is 23.2 Å². The number of anilines is 1. The van der Waals surface area contributed by atoms with Crippen molar-refractivity contribution in [3.05, 3.63) is 99.4 Å². The number of benzene rings is 3. The molecule has 1 aromatic heterocycles. The van der Waals surface area contributed by atoms with E-state index in [1.165, 1.54) is 21.9 Å². The van der Waals surface area contributed by atoms with Gasteiger partial charge in [-0.15, -0.1) is 11.3 Å². The summed E-state index contributed by atoms with van der Waals surface area (Å²) in [5.74, 6) is -6.98. The van der Waals surface area contributed by atoms with Crippen LogP contribution in [0.25, 0.3) is 10.1 Å². The first kappa shape index (κ1) is 65.8. The highest BCUT2D eigenvalue weighted by Gasteiger charge is 2.51. The highest BCUT2D eigenvalue weighted by Crippen LogP contribution is 2.59. The summed E-state index contributed by atoms with van der Waals surface area (Å²) in [5.41, 5.74) is 2.21. The third kappa shape index (κ3) is 14.8. The summed E-state index contributed by atoms with van der Waals surface area (Å²) < 4.78 is 69.0. The molecule has 6 atom stereocenters. The number of carbonyl (C=O) groups excluding carboxylic acids is 10. The number of amides is 10. The summed E-state index contributed by atoms with van der Waals surface area (Å²) in [6, 6.07) is 8.99.